The summed E-state index contributed by atoms with van der Waals surface area (Å²) in [5.41, 5.74) is 2.77. The lowest BCUT2D eigenvalue weighted by molar-refractivity contribution is -0.151. The summed E-state index contributed by atoms with van der Waals surface area (Å²) < 4.78 is 18.8. The highest BCUT2D eigenvalue weighted by molar-refractivity contribution is 6.33. The second-order valence-corrected chi connectivity index (χ2v) is 7.96. The van der Waals surface area contributed by atoms with Gasteiger partial charge in [0.1, 0.15) is 11.6 Å². The van der Waals surface area contributed by atoms with E-state index in [-0.39, 0.29) is 11.0 Å². The molecule has 5 rings (SSSR count). The summed E-state index contributed by atoms with van der Waals surface area (Å²) >= 11 is 6.49. The van der Waals surface area contributed by atoms with E-state index in [4.69, 9.17) is 25.5 Å². The first-order valence-corrected chi connectivity index (χ1v) is 10.7. The second kappa shape index (κ2) is 8.70. The van der Waals surface area contributed by atoms with Crippen molar-refractivity contribution in [3.05, 3.63) is 64.8 Å². The highest BCUT2D eigenvalue weighted by atomic mass is 35.5. The molecule has 33 heavy (non-hydrogen) atoms. The monoisotopic (exact) mass is 462 g/mol. The number of carbonyl (C=O) groups is 1. The number of nitrogens with zero attached hydrogens (tertiary/aromatic N) is 4. The third kappa shape index (κ3) is 4.21. The van der Waals surface area contributed by atoms with Crippen LogP contribution in [0.3, 0.4) is 0 Å². The van der Waals surface area contributed by atoms with E-state index in [1.165, 1.54) is 6.92 Å². The third-order valence-electron chi connectivity index (χ3n) is 5.19. The molecule has 0 aliphatic carbocycles. The quantitative estimate of drug-likeness (QED) is 0.254. The number of halogens is 1. The molecule has 0 N–H and O–H groups in total. The minimum absolute atomic E-state index is 0.154. The van der Waals surface area contributed by atoms with Crippen molar-refractivity contribution in [1.82, 2.24) is 19.5 Å². The largest absolute Gasteiger partial charge is 0.461 e. The van der Waals surface area contributed by atoms with Crippen LogP contribution in [0.4, 0.5) is 0 Å². The van der Waals surface area contributed by atoms with E-state index in [1.54, 1.807) is 23.0 Å². The van der Waals surface area contributed by atoms with E-state index < -0.39 is 18.3 Å². The summed E-state index contributed by atoms with van der Waals surface area (Å²) in [4.78, 5) is 25.2. The van der Waals surface area contributed by atoms with Crippen LogP contribution in [0.25, 0.3) is 22.7 Å². The molecule has 0 saturated carbocycles. The lowest BCUT2D eigenvalue weighted by Crippen LogP contribution is -2.25. The summed E-state index contributed by atoms with van der Waals surface area (Å²) in [6.45, 7) is 3.80. The number of aryl methyl sites for hydroxylation is 1. The van der Waals surface area contributed by atoms with Crippen molar-refractivity contribution >= 4 is 28.7 Å². The predicted molar refractivity (Wildman–Crippen MR) is 120 cm³/mol. The van der Waals surface area contributed by atoms with Crippen LogP contribution >= 0.6 is 11.6 Å². The summed E-state index contributed by atoms with van der Waals surface area (Å²) in [6, 6.07) is 11.4. The number of ether oxygens (including phenoxy) is 2. The third-order valence-corrected chi connectivity index (χ3v) is 5.45. The van der Waals surface area contributed by atoms with Crippen molar-refractivity contribution in [1.29, 1.82) is 0 Å². The van der Waals surface area contributed by atoms with Gasteiger partial charge in [-0.05, 0) is 37.1 Å². The Morgan fingerprint density at radius 2 is 2.00 bits per heavy atom. The molecule has 166 valence electrons. The maximum Gasteiger partial charge on any atom is 0.303 e. The number of esters is 1. The van der Waals surface area contributed by atoms with E-state index in [0.717, 1.165) is 11.1 Å². The molecule has 1 aliphatic heterocycles. The minimum Gasteiger partial charge on any atom is -0.461 e. The summed E-state index contributed by atoms with van der Waals surface area (Å²) in [7, 11) is 0. The van der Waals surface area contributed by atoms with Gasteiger partial charge in [-0.15, -0.1) is 0 Å². The van der Waals surface area contributed by atoms with E-state index >= 15 is 0 Å². The first-order valence-electron chi connectivity index (χ1n) is 10.4. The average molecular weight is 463 g/mol. The molecule has 1 aliphatic rings. The van der Waals surface area contributed by atoms with Crippen molar-refractivity contribution < 1.29 is 18.7 Å². The minimum atomic E-state index is -0.650. The fraction of sp³-hybridized carbons (Fsp3) is 0.250. The molecule has 9 heteroatoms. The van der Waals surface area contributed by atoms with Crippen LogP contribution in [-0.2, 0) is 14.3 Å². The zero-order valence-corrected chi connectivity index (χ0v) is 18.7. The van der Waals surface area contributed by atoms with Gasteiger partial charge in [0.25, 0.3) is 0 Å². The molecular formula is C24H19ClN4O4. The maximum absolute atomic E-state index is 11.7. The summed E-state index contributed by atoms with van der Waals surface area (Å²) in [5, 5.41) is 0.154. The van der Waals surface area contributed by atoms with Crippen molar-refractivity contribution in [2.24, 2.45) is 0 Å². The molecule has 3 aromatic heterocycles. The molecule has 1 aromatic carbocycles. The standard InChI is InChI=1S/C24H19ClN4O4/c1-14-5-7-16(8-6-14)9-10-19-26-21(25)20-23(27-19)29(22(28-20)17-4-3-12-31-17)24-18(11-13-32-24)33-15(2)30/h3-8,12,18,24H,11,13H2,1-2H3/t18-,24-/m1/s1. The molecule has 1 fully saturated rings. The molecule has 4 aromatic rings. The van der Waals surface area contributed by atoms with Crippen LogP contribution in [0.15, 0.2) is 47.1 Å². The number of hydrogen-bond donors (Lipinski definition) is 0. The predicted octanol–water partition coefficient (Wildman–Crippen LogP) is 4.30. The molecule has 0 spiro atoms. The fourth-order valence-electron chi connectivity index (χ4n) is 3.71. The lowest BCUT2D eigenvalue weighted by atomic mass is 10.1. The number of carbonyl (C=O) groups excluding carboxylic acids is 1. The normalized spacial score (nSPS) is 17.7. The molecule has 2 atom stereocenters. The van der Waals surface area contributed by atoms with E-state index in [9.17, 15) is 4.79 Å². The van der Waals surface area contributed by atoms with Crippen LogP contribution < -0.4 is 0 Å². The van der Waals surface area contributed by atoms with Gasteiger partial charge in [-0.25, -0.2) is 15.0 Å². The Morgan fingerprint density at radius 1 is 1.18 bits per heavy atom. The number of fused-ring (bicyclic) bond motifs is 1. The molecule has 8 nitrogen and oxygen atoms in total. The Bertz CT molecular complexity index is 1380. The number of hydrogen-bond acceptors (Lipinski definition) is 7. The Kier molecular flexibility index (Phi) is 5.58. The van der Waals surface area contributed by atoms with Gasteiger partial charge in [-0.2, -0.15) is 0 Å². The SMILES string of the molecule is CC(=O)O[C@@H]1CCO[C@H]1n1c(-c2ccco2)nc2c(Cl)nc(C#Cc3ccc(C)cc3)nc21. The number of aromatic nitrogens is 4. The van der Waals surface area contributed by atoms with Gasteiger partial charge in [0.2, 0.25) is 5.82 Å². The lowest BCUT2D eigenvalue weighted by Gasteiger charge is -2.21. The summed E-state index contributed by atoms with van der Waals surface area (Å²) in [6.07, 6.45) is 0.928. The van der Waals surface area contributed by atoms with Gasteiger partial charge < -0.3 is 13.9 Å². The average Bonchev–Trinajstić information content (AvgIpc) is 3.52. The molecular weight excluding hydrogens is 444 g/mol. The Hall–Kier alpha value is -3.67. The first-order chi connectivity index (χ1) is 16.0. The van der Waals surface area contributed by atoms with Crippen molar-refractivity contribution in [3.63, 3.8) is 0 Å². The molecule has 4 heterocycles. The zero-order chi connectivity index (χ0) is 22.9. The maximum atomic E-state index is 11.7. The van der Waals surface area contributed by atoms with Crippen LogP contribution in [0.1, 0.15) is 36.5 Å². The van der Waals surface area contributed by atoms with E-state index in [2.05, 4.69) is 26.8 Å². The first kappa shape index (κ1) is 21.2. The topological polar surface area (TPSA) is 92.3 Å². The van der Waals surface area contributed by atoms with Gasteiger partial charge in [-0.1, -0.05) is 35.2 Å². The van der Waals surface area contributed by atoms with Crippen LogP contribution in [0.5, 0.6) is 0 Å². The van der Waals surface area contributed by atoms with Crippen LogP contribution in [0, 0.1) is 18.8 Å². The van der Waals surface area contributed by atoms with Gasteiger partial charge in [0.05, 0.1) is 12.9 Å². The molecule has 0 amide bonds. The Labute approximate surface area is 194 Å². The second-order valence-electron chi connectivity index (χ2n) is 7.61. The van der Waals surface area contributed by atoms with Gasteiger partial charge in [0, 0.05) is 18.9 Å². The van der Waals surface area contributed by atoms with Gasteiger partial charge in [-0.3, -0.25) is 9.36 Å². The zero-order valence-electron chi connectivity index (χ0n) is 17.9. The van der Waals surface area contributed by atoms with Crippen LogP contribution in [-0.4, -0.2) is 38.2 Å². The number of benzene rings is 1. The van der Waals surface area contributed by atoms with Crippen LogP contribution in [0.2, 0.25) is 5.15 Å². The smallest absolute Gasteiger partial charge is 0.303 e. The number of rotatable bonds is 3. The summed E-state index contributed by atoms with van der Waals surface area (Å²) in [5.74, 6) is 6.81. The highest BCUT2D eigenvalue weighted by Gasteiger charge is 2.36. The fourth-order valence-corrected chi connectivity index (χ4v) is 3.91. The Balaban J connectivity index is 1.65. The van der Waals surface area contributed by atoms with Crippen molar-refractivity contribution in [2.45, 2.75) is 32.6 Å². The number of furan rings is 1. The highest BCUT2D eigenvalue weighted by Crippen LogP contribution is 2.36. The van der Waals surface area contributed by atoms with E-state index in [0.29, 0.717) is 35.8 Å². The van der Waals surface area contributed by atoms with Gasteiger partial charge in [0.15, 0.2) is 28.6 Å². The van der Waals surface area contributed by atoms with E-state index in [1.807, 2.05) is 31.2 Å². The van der Waals surface area contributed by atoms with Crippen molar-refractivity contribution in [3.8, 4) is 23.4 Å². The van der Waals surface area contributed by atoms with Gasteiger partial charge >= 0.3 is 5.97 Å². The number of imidazole rings is 1. The molecule has 0 bridgehead atoms. The molecule has 0 radical (unpaired) electrons. The molecule has 1 saturated heterocycles. The molecule has 0 unspecified atom stereocenters. The van der Waals surface area contributed by atoms with Crippen molar-refractivity contribution in [2.75, 3.05) is 6.61 Å². The Morgan fingerprint density at radius 3 is 2.73 bits per heavy atom.